The molecule has 1 atom stereocenters. The summed E-state index contributed by atoms with van der Waals surface area (Å²) in [5.74, 6) is 0.458. The van der Waals surface area contributed by atoms with E-state index in [4.69, 9.17) is 4.74 Å². The fraction of sp³-hybridized carbons (Fsp3) is 0.176. The maximum Gasteiger partial charge on any atom is 0.256 e. The van der Waals surface area contributed by atoms with E-state index < -0.39 is 6.10 Å². The molecule has 1 aliphatic rings. The third kappa shape index (κ3) is 2.89. The van der Waals surface area contributed by atoms with Gasteiger partial charge < -0.3 is 4.74 Å². The van der Waals surface area contributed by atoms with Crippen molar-refractivity contribution in [3.63, 3.8) is 0 Å². The van der Waals surface area contributed by atoms with Crippen LogP contribution in [0.5, 0.6) is 0 Å². The SMILES string of the molecule is O=C(Nc1n[nH]c(-c2ccccn2)n1)C1Cc2ccccc2CO1. The van der Waals surface area contributed by atoms with Crippen LogP contribution in [0.2, 0.25) is 0 Å². The van der Waals surface area contributed by atoms with Crippen molar-refractivity contribution < 1.29 is 9.53 Å². The highest BCUT2D eigenvalue weighted by Crippen LogP contribution is 2.21. The number of aromatic amines is 1. The van der Waals surface area contributed by atoms with Gasteiger partial charge in [-0.25, -0.2) is 0 Å². The number of hydrogen-bond acceptors (Lipinski definition) is 5. The predicted molar refractivity (Wildman–Crippen MR) is 87.0 cm³/mol. The minimum Gasteiger partial charge on any atom is -0.363 e. The number of hydrogen-bond donors (Lipinski definition) is 2. The molecule has 3 aromatic rings. The second-order valence-corrected chi connectivity index (χ2v) is 5.48. The van der Waals surface area contributed by atoms with Crippen molar-refractivity contribution in [2.75, 3.05) is 5.32 Å². The third-order valence-corrected chi connectivity index (χ3v) is 3.88. The first kappa shape index (κ1) is 14.5. The number of nitrogens with one attached hydrogen (secondary N) is 2. The Morgan fingerprint density at radius 1 is 1.17 bits per heavy atom. The molecule has 0 saturated heterocycles. The van der Waals surface area contributed by atoms with Gasteiger partial charge in [0, 0.05) is 12.6 Å². The molecule has 2 aromatic heterocycles. The van der Waals surface area contributed by atoms with Crippen LogP contribution in [0.4, 0.5) is 5.95 Å². The predicted octanol–water partition coefficient (Wildman–Crippen LogP) is 1.95. The van der Waals surface area contributed by atoms with Crippen LogP contribution in [0, 0.1) is 0 Å². The second kappa shape index (κ2) is 6.21. The fourth-order valence-corrected chi connectivity index (χ4v) is 2.64. The molecule has 120 valence electrons. The Balaban J connectivity index is 1.45. The zero-order valence-electron chi connectivity index (χ0n) is 12.8. The Hall–Kier alpha value is -3.06. The summed E-state index contributed by atoms with van der Waals surface area (Å²) >= 11 is 0. The van der Waals surface area contributed by atoms with E-state index in [-0.39, 0.29) is 11.9 Å². The van der Waals surface area contributed by atoms with E-state index in [0.717, 1.165) is 11.1 Å². The van der Waals surface area contributed by atoms with Crippen molar-refractivity contribution >= 4 is 11.9 Å². The molecular weight excluding hydrogens is 306 g/mol. The van der Waals surface area contributed by atoms with Crippen molar-refractivity contribution in [3.05, 3.63) is 59.8 Å². The number of H-pyrrole nitrogens is 1. The first-order valence-electron chi connectivity index (χ1n) is 7.62. The highest BCUT2D eigenvalue weighted by atomic mass is 16.5. The molecule has 1 amide bonds. The summed E-state index contributed by atoms with van der Waals surface area (Å²) in [5, 5.41) is 9.46. The number of benzene rings is 1. The number of nitrogens with zero attached hydrogens (tertiary/aromatic N) is 3. The number of amides is 1. The van der Waals surface area contributed by atoms with Crippen molar-refractivity contribution in [2.24, 2.45) is 0 Å². The zero-order valence-corrected chi connectivity index (χ0v) is 12.8. The standard InChI is InChI=1S/C17H15N5O2/c23-16(14-9-11-5-1-2-6-12(11)10-24-14)20-17-19-15(21-22-17)13-7-3-4-8-18-13/h1-8,14H,9-10H2,(H2,19,20,21,22,23). The number of anilines is 1. The van der Waals surface area contributed by atoms with Gasteiger partial charge in [0.25, 0.3) is 5.91 Å². The smallest absolute Gasteiger partial charge is 0.256 e. The molecule has 0 bridgehead atoms. The number of pyridine rings is 1. The van der Waals surface area contributed by atoms with Crippen molar-refractivity contribution in [1.29, 1.82) is 0 Å². The van der Waals surface area contributed by atoms with E-state index in [9.17, 15) is 4.79 Å². The van der Waals surface area contributed by atoms with E-state index in [0.29, 0.717) is 24.5 Å². The van der Waals surface area contributed by atoms with Crippen molar-refractivity contribution in [2.45, 2.75) is 19.1 Å². The van der Waals surface area contributed by atoms with Crippen LogP contribution in [0.15, 0.2) is 48.7 Å². The first-order chi connectivity index (χ1) is 11.8. The summed E-state index contributed by atoms with van der Waals surface area (Å²) < 4.78 is 5.64. The van der Waals surface area contributed by atoms with Crippen LogP contribution < -0.4 is 5.32 Å². The zero-order chi connectivity index (χ0) is 16.4. The van der Waals surface area contributed by atoms with Gasteiger partial charge in [-0.05, 0) is 23.3 Å². The Morgan fingerprint density at radius 2 is 2.00 bits per heavy atom. The lowest BCUT2D eigenvalue weighted by molar-refractivity contribution is -0.129. The van der Waals surface area contributed by atoms with Gasteiger partial charge in [0.15, 0.2) is 5.82 Å². The number of carbonyl (C=O) groups is 1. The largest absolute Gasteiger partial charge is 0.363 e. The van der Waals surface area contributed by atoms with Gasteiger partial charge in [0.2, 0.25) is 5.95 Å². The molecule has 1 aromatic carbocycles. The monoisotopic (exact) mass is 321 g/mol. The van der Waals surface area contributed by atoms with Gasteiger partial charge in [0.05, 0.1) is 6.61 Å². The molecule has 0 fully saturated rings. The lowest BCUT2D eigenvalue weighted by atomic mass is 9.99. The molecule has 0 radical (unpaired) electrons. The van der Waals surface area contributed by atoms with E-state index in [2.05, 4.69) is 25.5 Å². The molecule has 3 heterocycles. The van der Waals surface area contributed by atoms with Crippen molar-refractivity contribution in [1.82, 2.24) is 20.2 Å². The Labute approximate surface area is 138 Å². The molecule has 1 aliphatic heterocycles. The number of ether oxygens (including phenoxy) is 1. The Bertz CT molecular complexity index is 862. The minimum atomic E-state index is -0.545. The van der Waals surface area contributed by atoms with E-state index in [1.165, 1.54) is 0 Å². The molecule has 7 nitrogen and oxygen atoms in total. The summed E-state index contributed by atoms with van der Waals surface area (Å²) in [4.78, 5) is 20.8. The van der Waals surface area contributed by atoms with Gasteiger partial charge in [0.1, 0.15) is 11.8 Å². The number of carbonyl (C=O) groups excluding carboxylic acids is 1. The minimum absolute atomic E-state index is 0.211. The van der Waals surface area contributed by atoms with Crippen LogP contribution in [-0.4, -0.2) is 32.2 Å². The van der Waals surface area contributed by atoms with Crippen LogP contribution in [0.3, 0.4) is 0 Å². The van der Waals surface area contributed by atoms with Crippen LogP contribution in [-0.2, 0) is 22.6 Å². The molecule has 7 heteroatoms. The van der Waals surface area contributed by atoms with Gasteiger partial charge in [-0.15, -0.1) is 5.10 Å². The van der Waals surface area contributed by atoms with Crippen LogP contribution in [0.1, 0.15) is 11.1 Å². The molecule has 24 heavy (non-hydrogen) atoms. The van der Waals surface area contributed by atoms with Gasteiger partial charge >= 0.3 is 0 Å². The van der Waals surface area contributed by atoms with Crippen molar-refractivity contribution in [3.8, 4) is 11.5 Å². The molecule has 4 rings (SSSR count). The second-order valence-electron chi connectivity index (χ2n) is 5.48. The van der Waals surface area contributed by atoms with Crippen LogP contribution in [0.25, 0.3) is 11.5 Å². The van der Waals surface area contributed by atoms with E-state index in [1.54, 1.807) is 6.20 Å². The Morgan fingerprint density at radius 3 is 2.83 bits per heavy atom. The number of fused-ring (bicyclic) bond motifs is 1. The van der Waals surface area contributed by atoms with E-state index >= 15 is 0 Å². The summed E-state index contributed by atoms with van der Waals surface area (Å²) in [6, 6.07) is 13.5. The van der Waals surface area contributed by atoms with Gasteiger partial charge in [-0.1, -0.05) is 30.3 Å². The summed E-state index contributed by atoms with van der Waals surface area (Å²) in [6.45, 7) is 0.432. The molecule has 0 saturated carbocycles. The maximum atomic E-state index is 12.4. The number of rotatable bonds is 3. The average Bonchev–Trinajstić information content (AvgIpc) is 3.10. The molecule has 0 spiro atoms. The van der Waals surface area contributed by atoms with Gasteiger partial charge in [-0.2, -0.15) is 4.98 Å². The molecular formula is C17H15N5O2. The third-order valence-electron chi connectivity index (χ3n) is 3.88. The first-order valence-corrected chi connectivity index (χ1v) is 7.62. The maximum absolute atomic E-state index is 12.4. The summed E-state index contributed by atoms with van der Waals surface area (Å²) in [6.07, 6.45) is 1.67. The van der Waals surface area contributed by atoms with Crippen LogP contribution >= 0.6 is 0 Å². The Kier molecular flexibility index (Phi) is 3.76. The van der Waals surface area contributed by atoms with Gasteiger partial charge in [-0.3, -0.25) is 20.2 Å². The number of aromatic nitrogens is 4. The quantitative estimate of drug-likeness (QED) is 0.769. The molecule has 2 N–H and O–H groups in total. The molecule has 1 unspecified atom stereocenters. The topological polar surface area (TPSA) is 92.8 Å². The highest BCUT2D eigenvalue weighted by Gasteiger charge is 2.26. The fourth-order valence-electron chi connectivity index (χ4n) is 2.64. The summed E-state index contributed by atoms with van der Waals surface area (Å²) in [7, 11) is 0. The normalized spacial score (nSPS) is 16.4. The summed E-state index contributed by atoms with van der Waals surface area (Å²) in [5.41, 5.74) is 2.92. The lowest BCUT2D eigenvalue weighted by Gasteiger charge is -2.23. The average molecular weight is 321 g/mol. The molecule has 0 aliphatic carbocycles. The van der Waals surface area contributed by atoms with E-state index in [1.807, 2.05) is 42.5 Å². The lowest BCUT2D eigenvalue weighted by Crippen LogP contribution is -2.35. The highest BCUT2D eigenvalue weighted by molar-refractivity contribution is 5.93.